The third-order valence-electron chi connectivity index (χ3n) is 5.33. The number of ketones is 1. The van der Waals surface area contributed by atoms with E-state index in [1.165, 1.54) is 6.08 Å². The van der Waals surface area contributed by atoms with Gasteiger partial charge in [-0.2, -0.15) is 0 Å². The van der Waals surface area contributed by atoms with E-state index in [9.17, 15) is 14.7 Å². The van der Waals surface area contributed by atoms with Crippen LogP contribution in [0.1, 0.15) is 23.1 Å². The van der Waals surface area contributed by atoms with Crippen molar-refractivity contribution >= 4 is 23.5 Å². The summed E-state index contributed by atoms with van der Waals surface area (Å²) in [6.45, 7) is 0.336. The van der Waals surface area contributed by atoms with Gasteiger partial charge in [0, 0.05) is 5.56 Å². The second-order valence-electron chi connectivity index (χ2n) is 7.53. The number of rotatable bonds is 7. The fourth-order valence-electron chi connectivity index (χ4n) is 3.81. The second-order valence-corrected chi connectivity index (χ2v) is 7.53. The Labute approximate surface area is 181 Å². The van der Waals surface area contributed by atoms with E-state index < -0.39 is 11.5 Å². The van der Waals surface area contributed by atoms with Gasteiger partial charge in [-0.1, -0.05) is 97.1 Å². The quantitative estimate of drug-likeness (QED) is 0.456. The van der Waals surface area contributed by atoms with E-state index in [-0.39, 0.29) is 12.2 Å². The predicted molar refractivity (Wildman–Crippen MR) is 122 cm³/mol. The molecule has 4 heteroatoms. The lowest BCUT2D eigenvalue weighted by atomic mass is 9.90. The Balaban J connectivity index is 1.52. The number of hydrogen-bond acceptors (Lipinski definition) is 3. The third kappa shape index (κ3) is 4.39. The molecular weight excluding hydrogens is 386 g/mol. The van der Waals surface area contributed by atoms with Crippen molar-refractivity contribution in [3.63, 3.8) is 0 Å². The van der Waals surface area contributed by atoms with Crippen LogP contribution < -0.4 is 4.90 Å². The number of carbonyl (C=O) groups excluding carboxylic acids is 2. The number of nitrogens with zero attached hydrogens (tertiary/aromatic N) is 1. The van der Waals surface area contributed by atoms with E-state index in [2.05, 4.69) is 0 Å². The fraction of sp³-hybridized carbons (Fsp3) is 0.111. The Morgan fingerprint density at radius 1 is 0.871 bits per heavy atom. The van der Waals surface area contributed by atoms with E-state index in [4.69, 9.17) is 0 Å². The SMILES string of the molecule is O=C(/C=C/C=C/c1ccccc1)CC1(O)C(=O)N(Cc2ccccc2)c2ccccc21. The largest absolute Gasteiger partial charge is 0.375 e. The number of hydrogen-bond donors (Lipinski definition) is 1. The van der Waals surface area contributed by atoms with E-state index in [0.29, 0.717) is 17.8 Å². The van der Waals surface area contributed by atoms with Crippen molar-refractivity contribution in [2.45, 2.75) is 18.6 Å². The summed E-state index contributed by atoms with van der Waals surface area (Å²) >= 11 is 0. The van der Waals surface area contributed by atoms with Crippen LogP contribution in [0.2, 0.25) is 0 Å². The Morgan fingerprint density at radius 3 is 2.26 bits per heavy atom. The molecule has 0 saturated carbocycles. The fourth-order valence-corrected chi connectivity index (χ4v) is 3.81. The van der Waals surface area contributed by atoms with E-state index in [1.54, 1.807) is 35.3 Å². The molecule has 3 aromatic rings. The Kier molecular flexibility index (Phi) is 5.92. The smallest absolute Gasteiger partial charge is 0.264 e. The highest BCUT2D eigenvalue weighted by atomic mass is 16.3. The molecular formula is C27H23NO3. The lowest BCUT2D eigenvalue weighted by Crippen LogP contribution is -2.41. The molecule has 1 aliphatic heterocycles. The zero-order valence-electron chi connectivity index (χ0n) is 17.0. The number of allylic oxidation sites excluding steroid dienone is 3. The van der Waals surface area contributed by atoms with Gasteiger partial charge in [-0.05, 0) is 23.3 Å². The molecule has 1 N–H and O–H groups in total. The minimum Gasteiger partial charge on any atom is -0.375 e. The van der Waals surface area contributed by atoms with Gasteiger partial charge in [0.15, 0.2) is 11.4 Å². The molecule has 3 aromatic carbocycles. The van der Waals surface area contributed by atoms with Crippen molar-refractivity contribution in [1.82, 2.24) is 0 Å². The van der Waals surface area contributed by atoms with Crippen LogP contribution in [0, 0.1) is 0 Å². The van der Waals surface area contributed by atoms with Gasteiger partial charge in [0.05, 0.1) is 18.7 Å². The number of anilines is 1. The summed E-state index contributed by atoms with van der Waals surface area (Å²) < 4.78 is 0. The minimum absolute atomic E-state index is 0.302. The number of para-hydroxylation sites is 1. The first-order chi connectivity index (χ1) is 15.1. The molecule has 1 amide bonds. The first-order valence-electron chi connectivity index (χ1n) is 10.2. The first kappa shape index (κ1) is 20.5. The van der Waals surface area contributed by atoms with Gasteiger partial charge >= 0.3 is 0 Å². The van der Waals surface area contributed by atoms with Crippen LogP contribution in [-0.2, 0) is 21.7 Å². The molecule has 154 valence electrons. The summed E-state index contributed by atoms with van der Waals surface area (Å²) in [6, 6.07) is 26.4. The summed E-state index contributed by atoms with van der Waals surface area (Å²) in [4.78, 5) is 27.4. The van der Waals surface area contributed by atoms with Crippen LogP contribution in [-0.4, -0.2) is 16.8 Å². The average Bonchev–Trinajstić information content (AvgIpc) is 3.00. The van der Waals surface area contributed by atoms with Crippen LogP contribution in [0.15, 0.2) is 103 Å². The summed E-state index contributed by atoms with van der Waals surface area (Å²) in [7, 11) is 0. The van der Waals surface area contributed by atoms with Gasteiger partial charge in [-0.3, -0.25) is 9.59 Å². The lowest BCUT2D eigenvalue weighted by Gasteiger charge is -2.22. The van der Waals surface area contributed by atoms with Crippen molar-refractivity contribution in [2.75, 3.05) is 4.90 Å². The molecule has 4 rings (SSSR count). The van der Waals surface area contributed by atoms with Gasteiger partial charge in [0.1, 0.15) is 0 Å². The Bertz CT molecular complexity index is 1140. The van der Waals surface area contributed by atoms with Gasteiger partial charge in [0.25, 0.3) is 5.91 Å². The number of fused-ring (bicyclic) bond motifs is 1. The molecule has 4 nitrogen and oxygen atoms in total. The summed E-state index contributed by atoms with van der Waals surface area (Å²) in [6.07, 6.45) is 6.38. The maximum absolute atomic E-state index is 13.2. The zero-order valence-corrected chi connectivity index (χ0v) is 17.0. The Hall–Kier alpha value is -3.76. The summed E-state index contributed by atoms with van der Waals surface area (Å²) in [5, 5.41) is 11.3. The van der Waals surface area contributed by atoms with Crippen molar-refractivity contribution < 1.29 is 14.7 Å². The van der Waals surface area contributed by atoms with Gasteiger partial charge in [0.2, 0.25) is 0 Å². The maximum atomic E-state index is 13.2. The third-order valence-corrected chi connectivity index (χ3v) is 5.33. The van der Waals surface area contributed by atoms with Gasteiger partial charge in [-0.15, -0.1) is 0 Å². The molecule has 0 fully saturated rings. The molecule has 1 unspecified atom stereocenters. The monoisotopic (exact) mass is 409 g/mol. The topological polar surface area (TPSA) is 57.6 Å². The average molecular weight is 409 g/mol. The molecule has 0 spiro atoms. The van der Waals surface area contributed by atoms with Crippen LogP contribution >= 0.6 is 0 Å². The normalized spacial score (nSPS) is 18.1. The van der Waals surface area contributed by atoms with Crippen molar-refractivity contribution in [2.24, 2.45) is 0 Å². The standard InChI is InChI=1S/C27H23NO3/c29-23(16-8-7-13-21-11-3-1-4-12-21)19-27(31)24-17-9-10-18-25(24)28(26(27)30)20-22-14-5-2-6-15-22/h1-18,31H,19-20H2/b13-7+,16-8+. The second kappa shape index (κ2) is 8.94. The van der Waals surface area contributed by atoms with Crippen LogP contribution in [0.5, 0.6) is 0 Å². The summed E-state index contributed by atoms with van der Waals surface area (Å²) in [5.41, 5.74) is 1.22. The van der Waals surface area contributed by atoms with E-state index in [0.717, 1.165) is 11.1 Å². The highest BCUT2D eigenvalue weighted by Crippen LogP contribution is 2.43. The minimum atomic E-state index is -1.87. The van der Waals surface area contributed by atoms with Crippen LogP contribution in [0.25, 0.3) is 6.08 Å². The molecule has 0 aromatic heterocycles. The predicted octanol–water partition coefficient (Wildman–Crippen LogP) is 4.65. The zero-order chi connectivity index (χ0) is 21.7. The van der Waals surface area contributed by atoms with E-state index >= 15 is 0 Å². The maximum Gasteiger partial charge on any atom is 0.264 e. The molecule has 1 aliphatic rings. The molecule has 0 bridgehead atoms. The number of benzene rings is 3. The molecule has 0 aliphatic carbocycles. The Morgan fingerprint density at radius 2 is 1.52 bits per heavy atom. The van der Waals surface area contributed by atoms with Crippen molar-refractivity contribution in [3.8, 4) is 0 Å². The number of carbonyl (C=O) groups is 2. The molecule has 1 atom stereocenters. The van der Waals surface area contributed by atoms with Crippen molar-refractivity contribution in [3.05, 3.63) is 120 Å². The molecule has 1 heterocycles. The highest BCUT2D eigenvalue weighted by Gasteiger charge is 2.50. The van der Waals surface area contributed by atoms with Crippen molar-refractivity contribution in [1.29, 1.82) is 0 Å². The van der Waals surface area contributed by atoms with Crippen LogP contribution in [0.4, 0.5) is 5.69 Å². The molecule has 31 heavy (non-hydrogen) atoms. The first-order valence-corrected chi connectivity index (χ1v) is 10.2. The molecule has 0 radical (unpaired) electrons. The molecule has 0 saturated heterocycles. The highest BCUT2D eigenvalue weighted by molar-refractivity contribution is 6.09. The van der Waals surface area contributed by atoms with Gasteiger partial charge in [-0.25, -0.2) is 0 Å². The summed E-state index contributed by atoms with van der Waals surface area (Å²) in [5.74, 6) is -0.788. The van der Waals surface area contributed by atoms with Gasteiger partial charge < -0.3 is 10.0 Å². The number of aliphatic hydroxyl groups is 1. The number of amides is 1. The lowest BCUT2D eigenvalue weighted by molar-refractivity contribution is -0.140. The van der Waals surface area contributed by atoms with Crippen LogP contribution in [0.3, 0.4) is 0 Å². The van der Waals surface area contributed by atoms with E-state index in [1.807, 2.05) is 72.8 Å².